The third-order valence-corrected chi connectivity index (χ3v) is 2.93. The third kappa shape index (κ3) is 1.85. The topological polar surface area (TPSA) is 57.5 Å². The number of hydrogen-bond acceptors (Lipinski definition) is 3. The molecule has 1 heterocycles. The highest BCUT2D eigenvalue weighted by atomic mass is 32.1. The highest BCUT2D eigenvalue weighted by Crippen LogP contribution is 2.33. The first-order chi connectivity index (χ1) is 7.18. The second kappa shape index (κ2) is 3.74. The molecule has 1 aromatic heterocycles. The zero-order valence-corrected chi connectivity index (χ0v) is 8.49. The van der Waals surface area contributed by atoms with Gasteiger partial charge in [0, 0.05) is 10.4 Å². The van der Waals surface area contributed by atoms with Gasteiger partial charge < -0.3 is 10.2 Å². The molecule has 3 nitrogen and oxygen atoms in total. The van der Waals surface area contributed by atoms with Gasteiger partial charge in [-0.3, -0.25) is 0 Å². The van der Waals surface area contributed by atoms with Crippen molar-refractivity contribution in [3.8, 4) is 16.2 Å². The van der Waals surface area contributed by atoms with Gasteiger partial charge in [0.05, 0.1) is 5.56 Å². The highest BCUT2D eigenvalue weighted by molar-refractivity contribution is 7.13. The normalized spacial score (nSPS) is 10.1. The lowest BCUT2D eigenvalue weighted by Crippen LogP contribution is -1.95. The first kappa shape index (κ1) is 9.73. The lowest BCUT2D eigenvalue weighted by molar-refractivity contribution is 0.0697. The van der Waals surface area contributed by atoms with Crippen molar-refractivity contribution in [2.24, 2.45) is 0 Å². The molecule has 0 saturated carbocycles. The van der Waals surface area contributed by atoms with Crippen molar-refractivity contribution in [1.82, 2.24) is 0 Å². The minimum Gasteiger partial charge on any atom is -0.507 e. The SMILES string of the molecule is O=C(O)c1ccc(O)c(-c2cccs2)c1. The number of carboxylic acids is 1. The third-order valence-electron chi connectivity index (χ3n) is 2.03. The molecule has 2 aromatic rings. The molecule has 0 radical (unpaired) electrons. The second-order valence-electron chi connectivity index (χ2n) is 3.01. The summed E-state index contributed by atoms with van der Waals surface area (Å²) in [5, 5.41) is 20.3. The van der Waals surface area contributed by atoms with Crippen molar-refractivity contribution < 1.29 is 15.0 Å². The monoisotopic (exact) mass is 220 g/mol. The van der Waals surface area contributed by atoms with E-state index in [1.54, 1.807) is 0 Å². The number of thiophene rings is 1. The van der Waals surface area contributed by atoms with Crippen LogP contribution < -0.4 is 0 Å². The predicted octanol–water partition coefficient (Wildman–Crippen LogP) is 2.82. The fourth-order valence-electron chi connectivity index (χ4n) is 1.30. The molecule has 0 saturated heterocycles. The average molecular weight is 220 g/mol. The molecule has 0 bridgehead atoms. The molecule has 0 atom stereocenters. The van der Waals surface area contributed by atoms with Gasteiger partial charge in [-0.25, -0.2) is 4.79 Å². The summed E-state index contributed by atoms with van der Waals surface area (Å²) in [5.74, 6) is -0.893. The summed E-state index contributed by atoms with van der Waals surface area (Å²) >= 11 is 1.46. The van der Waals surface area contributed by atoms with Crippen LogP contribution in [0.2, 0.25) is 0 Å². The first-order valence-corrected chi connectivity index (χ1v) is 5.16. The van der Waals surface area contributed by atoms with Crippen molar-refractivity contribution in [3.63, 3.8) is 0 Å². The van der Waals surface area contributed by atoms with E-state index in [-0.39, 0.29) is 11.3 Å². The number of carboxylic acid groups (broad SMARTS) is 1. The fraction of sp³-hybridized carbons (Fsp3) is 0. The molecule has 4 heteroatoms. The number of benzene rings is 1. The van der Waals surface area contributed by atoms with Crippen LogP contribution in [0.15, 0.2) is 35.7 Å². The van der Waals surface area contributed by atoms with E-state index in [0.717, 1.165) is 4.88 Å². The van der Waals surface area contributed by atoms with Crippen LogP contribution in [-0.4, -0.2) is 16.2 Å². The molecule has 0 unspecified atom stereocenters. The molecule has 0 aliphatic heterocycles. The highest BCUT2D eigenvalue weighted by Gasteiger charge is 2.09. The van der Waals surface area contributed by atoms with Gasteiger partial charge in [0.15, 0.2) is 0 Å². The molecule has 76 valence electrons. The Hall–Kier alpha value is -1.81. The van der Waals surface area contributed by atoms with Crippen molar-refractivity contribution >= 4 is 17.3 Å². The van der Waals surface area contributed by atoms with Crippen molar-refractivity contribution in [2.75, 3.05) is 0 Å². The fourth-order valence-corrected chi connectivity index (χ4v) is 2.05. The molecule has 2 N–H and O–H groups in total. The first-order valence-electron chi connectivity index (χ1n) is 4.28. The van der Waals surface area contributed by atoms with Crippen LogP contribution in [0.3, 0.4) is 0 Å². The number of aromatic hydroxyl groups is 1. The summed E-state index contributed by atoms with van der Waals surface area (Å²) in [5.41, 5.74) is 0.737. The van der Waals surface area contributed by atoms with E-state index in [9.17, 15) is 9.90 Å². The van der Waals surface area contributed by atoms with Crippen LogP contribution in [0.25, 0.3) is 10.4 Å². The lowest BCUT2D eigenvalue weighted by atomic mass is 10.1. The minimum atomic E-state index is -0.993. The summed E-state index contributed by atoms with van der Waals surface area (Å²) < 4.78 is 0. The summed E-state index contributed by atoms with van der Waals surface area (Å²) in [4.78, 5) is 11.6. The molecular weight excluding hydrogens is 212 g/mol. The molecule has 2 rings (SSSR count). The lowest BCUT2D eigenvalue weighted by Gasteiger charge is -2.03. The Morgan fingerprint density at radius 3 is 2.67 bits per heavy atom. The smallest absolute Gasteiger partial charge is 0.335 e. The van der Waals surface area contributed by atoms with E-state index in [1.165, 1.54) is 29.5 Å². The van der Waals surface area contributed by atoms with Gasteiger partial charge in [0.25, 0.3) is 0 Å². The maximum absolute atomic E-state index is 10.8. The van der Waals surface area contributed by atoms with E-state index >= 15 is 0 Å². The van der Waals surface area contributed by atoms with Gasteiger partial charge in [0.2, 0.25) is 0 Å². The van der Waals surface area contributed by atoms with E-state index in [2.05, 4.69) is 0 Å². The summed E-state index contributed by atoms with van der Waals surface area (Å²) in [6, 6.07) is 7.95. The van der Waals surface area contributed by atoms with Crippen LogP contribution in [0.4, 0.5) is 0 Å². The van der Waals surface area contributed by atoms with Gasteiger partial charge in [-0.05, 0) is 29.6 Å². The molecule has 15 heavy (non-hydrogen) atoms. The summed E-state index contributed by atoms with van der Waals surface area (Å²) in [6.45, 7) is 0. The van der Waals surface area contributed by atoms with Crippen LogP contribution in [0.5, 0.6) is 5.75 Å². The molecule has 1 aromatic carbocycles. The summed E-state index contributed by atoms with van der Waals surface area (Å²) in [7, 11) is 0. The standard InChI is InChI=1S/C11H8O3S/c12-9-4-3-7(11(13)14)6-8(9)10-2-1-5-15-10/h1-6,12H,(H,13,14). The van der Waals surface area contributed by atoms with Crippen LogP contribution >= 0.6 is 11.3 Å². The van der Waals surface area contributed by atoms with Gasteiger partial charge in [-0.2, -0.15) is 0 Å². The van der Waals surface area contributed by atoms with Crippen molar-refractivity contribution in [1.29, 1.82) is 0 Å². The van der Waals surface area contributed by atoms with Crippen molar-refractivity contribution in [3.05, 3.63) is 41.3 Å². The molecule has 0 aliphatic carbocycles. The molecule has 0 fully saturated rings. The number of aromatic carboxylic acids is 1. The molecular formula is C11H8O3S. The Labute approximate surface area is 90.2 Å². The maximum Gasteiger partial charge on any atom is 0.335 e. The van der Waals surface area contributed by atoms with Gasteiger partial charge >= 0.3 is 5.97 Å². The molecule has 0 spiro atoms. The number of carbonyl (C=O) groups is 1. The second-order valence-corrected chi connectivity index (χ2v) is 3.96. The number of phenolic OH excluding ortho intramolecular Hbond substituents is 1. The van der Waals surface area contributed by atoms with Crippen LogP contribution in [0, 0.1) is 0 Å². The largest absolute Gasteiger partial charge is 0.507 e. The van der Waals surface area contributed by atoms with Crippen LogP contribution in [-0.2, 0) is 0 Å². The van der Waals surface area contributed by atoms with Gasteiger partial charge in [0.1, 0.15) is 5.75 Å². The molecule has 0 amide bonds. The minimum absolute atomic E-state index is 0.0995. The van der Waals surface area contributed by atoms with Crippen LogP contribution in [0.1, 0.15) is 10.4 Å². The zero-order valence-electron chi connectivity index (χ0n) is 7.68. The van der Waals surface area contributed by atoms with E-state index in [0.29, 0.717) is 5.56 Å². The quantitative estimate of drug-likeness (QED) is 0.818. The number of hydrogen-bond donors (Lipinski definition) is 2. The maximum atomic E-state index is 10.8. The summed E-state index contributed by atoms with van der Waals surface area (Å²) in [6.07, 6.45) is 0. The Bertz CT molecular complexity index is 489. The Morgan fingerprint density at radius 1 is 1.27 bits per heavy atom. The van der Waals surface area contributed by atoms with Gasteiger partial charge in [-0.1, -0.05) is 6.07 Å². The predicted molar refractivity (Wildman–Crippen MR) is 58.4 cm³/mol. The number of phenols is 1. The Balaban J connectivity index is 2.55. The Morgan fingerprint density at radius 2 is 2.07 bits per heavy atom. The van der Waals surface area contributed by atoms with E-state index in [4.69, 9.17) is 5.11 Å². The van der Waals surface area contributed by atoms with Gasteiger partial charge in [-0.15, -0.1) is 11.3 Å². The van der Waals surface area contributed by atoms with E-state index in [1.807, 2.05) is 17.5 Å². The zero-order chi connectivity index (χ0) is 10.8. The van der Waals surface area contributed by atoms with Crippen molar-refractivity contribution in [2.45, 2.75) is 0 Å². The van der Waals surface area contributed by atoms with E-state index < -0.39 is 5.97 Å². The average Bonchev–Trinajstić information content (AvgIpc) is 2.71. The number of rotatable bonds is 2. The Kier molecular flexibility index (Phi) is 2.43. The molecule has 0 aliphatic rings.